The molecular weight excluding hydrogens is 454 g/mol. The third kappa shape index (κ3) is 6.88. The molecule has 0 radical (unpaired) electrons. The first-order chi connectivity index (χ1) is 16.8. The van der Waals surface area contributed by atoms with Gasteiger partial charge < -0.3 is 15.4 Å². The molecule has 1 heterocycles. The van der Waals surface area contributed by atoms with Crippen LogP contribution in [0.4, 0.5) is 17.6 Å². The van der Waals surface area contributed by atoms with E-state index >= 15 is 0 Å². The van der Waals surface area contributed by atoms with E-state index in [0.717, 1.165) is 34.7 Å². The molecule has 0 atom stereocenters. The van der Waals surface area contributed by atoms with Crippen LogP contribution in [0.3, 0.4) is 0 Å². The van der Waals surface area contributed by atoms with Gasteiger partial charge in [-0.05, 0) is 72.3 Å². The van der Waals surface area contributed by atoms with E-state index in [4.69, 9.17) is 19.7 Å². The third-order valence-corrected chi connectivity index (χ3v) is 7.29. The van der Waals surface area contributed by atoms with Gasteiger partial charge in [0.05, 0.1) is 7.11 Å². The van der Waals surface area contributed by atoms with E-state index in [1.807, 2.05) is 25.1 Å². The molecule has 186 valence electrons. The Kier molecular flexibility index (Phi) is 8.16. The molecule has 1 aromatic heterocycles. The highest BCUT2D eigenvalue weighted by molar-refractivity contribution is 7.99. The van der Waals surface area contributed by atoms with E-state index in [0.29, 0.717) is 23.1 Å². The van der Waals surface area contributed by atoms with Crippen LogP contribution in [0.2, 0.25) is 0 Å². The van der Waals surface area contributed by atoms with Crippen molar-refractivity contribution < 1.29 is 4.74 Å². The molecule has 7 heteroatoms. The molecular formula is C28H37N5OS. The number of nitrogens with one attached hydrogen (secondary N) is 2. The SMILES string of the molecule is COc1ccc(Nc2nc(NC3CCCCCC3)nc(Sc3ccccc3C(C)(C)C)n2)cc1C. The maximum atomic E-state index is 5.41. The Morgan fingerprint density at radius 2 is 1.63 bits per heavy atom. The number of ether oxygens (including phenoxy) is 1. The molecule has 2 aromatic carbocycles. The normalized spacial score (nSPS) is 14.9. The van der Waals surface area contributed by atoms with Crippen molar-refractivity contribution in [1.82, 2.24) is 15.0 Å². The third-order valence-electron chi connectivity index (χ3n) is 6.35. The first kappa shape index (κ1) is 25.3. The van der Waals surface area contributed by atoms with Crippen molar-refractivity contribution in [3.8, 4) is 5.75 Å². The summed E-state index contributed by atoms with van der Waals surface area (Å²) >= 11 is 1.59. The summed E-state index contributed by atoms with van der Waals surface area (Å²) in [6.07, 6.45) is 7.43. The van der Waals surface area contributed by atoms with E-state index < -0.39 is 0 Å². The first-order valence-corrected chi connectivity index (χ1v) is 13.3. The Labute approximate surface area is 213 Å². The van der Waals surface area contributed by atoms with Crippen molar-refractivity contribution in [1.29, 1.82) is 0 Å². The molecule has 0 unspecified atom stereocenters. The lowest BCUT2D eigenvalue weighted by Gasteiger charge is -2.22. The molecule has 1 saturated carbocycles. The summed E-state index contributed by atoms with van der Waals surface area (Å²) in [5.74, 6) is 2.03. The maximum Gasteiger partial charge on any atom is 0.233 e. The Hall–Kier alpha value is -2.80. The van der Waals surface area contributed by atoms with Gasteiger partial charge in [-0.1, -0.05) is 64.7 Å². The van der Waals surface area contributed by atoms with Gasteiger partial charge in [-0.15, -0.1) is 0 Å². The Balaban J connectivity index is 1.65. The van der Waals surface area contributed by atoms with Gasteiger partial charge in [-0.2, -0.15) is 15.0 Å². The molecule has 0 amide bonds. The summed E-state index contributed by atoms with van der Waals surface area (Å²) in [6.45, 7) is 8.73. The molecule has 6 nitrogen and oxygen atoms in total. The topological polar surface area (TPSA) is 72.0 Å². The summed E-state index contributed by atoms with van der Waals surface area (Å²) in [4.78, 5) is 15.5. The van der Waals surface area contributed by atoms with Crippen molar-refractivity contribution >= 4 is 29.3 Å². The fourth-order valence-corrected chi connectivity index (χ4v) is 5.58. The molecule has 0 spiro atoms. The second-order valence-corrected chi connectivity index (χ2v) is 11.3. The van der Waals surface area contributed by atoms with Gasteiger partial charge in [0.2, 0.25) is 11.9 Å². The Morgan fingerprint density at radius 1 is 0.914 bits per heavy atom. The van der Waals surface area contributed by atoms with Crippen molar-refractivity contribution in [3.63, 3.8) is 0 Å². The van der Waals surface area contributed by atoms with Gasteiger partial charge in [0.15, 0.2) is 5.16 Å². The first-order valence-electron chi connectivity index (χ1n) is 12.5. The van der Waals surface area contributed by atoms with E-state index in [-0.39, 0.29) is 5.41 Å². The zero-order valence-electron chi connectivity index (χ0n) is 21.5. The number of anilines is 3. The summed E-state index contributed by atoms with van der Waals surface area (Å²) < 4.78 is 5.41. The van der Waals surface area contributed by atoms with Crippen molar-refractivity contribution in [2.24, 2.45) is 0 Å². The number of nitrogens with zero attached hydrogens (tertiary/aromatic N) is 3. The van der Waals surface area contributed by atoms with Gasteiger partial charge >= 0.3 is 0 Å². The lowest BCUT2D eigenvalue weighted by Crippen LogP contribution is -2.20. The van der Waals surface area contributed by atoms with Gasteiger partial charge in [0.25, 0.3) is 0 Å². The Morgan fingerprint density at radius 3 is 2.31 bits per heavy atom. The molecule has 0 saturated heterocycles. The monoisotopic (exact) mass is 491 g/mol. The van der Waals surface area contributed by atoms with Crippen LogP contribution >= 0.6 is 11.8 Å². The summed E-state index contributed by atoms with van der Waals surface area (Å²) in [5, 5.41) is 7.68. The van der Waals surface area contributed by atoms with Crippen LogP contribution in [0, 0.1) is 6.92 Å². The molecule has 35 heavy (non-hydrogen) atoms. The fourth-order valence-electron chi connectivity index (χ4n) is 4.49. The van der Waals surface area contributed by atoms with Crippen LogP contribution < -0.4 is 15.4 Å². The Bertz CT molecular complexity index is 1140. The smallest absolute Gasteiger partial charge is 0.233 e. The minimum Gasteiger partial charge on any atom is -0.496 e. The predicted molar refractivity (Wildman–Crippen MR) is 145 cm³/mol. The number of benzene rings is 2. The van der Waals surface area contributed by atoms with Crippen LogP contribution in [0.1, 0.15) is 70.4 Å². The van der Waals surface area contributed by atoms with Gasteiger partial charge in [-0.3, -0.25) is 0 Å². The summed E-state index contributed by atoms with van der Waals surface area (Å²) in [7, 11) is 1.69. The molecule has 3 aromatic rings. The minimum atomic E-state index is 0.0275. The van der Waals surface area contributed by atoms with Crippen LogP contribution in [0.5, 0.6) is 5.75 Å². The van der Waals surface area contributed by atoms with Gasteiger partial charge in [0.1, 0.15) is 5.75 Å². The standard InChI is InChI=1S/C28H37N5OS/c1-19-18-21(16-17-23(19)34-5)30-26-31-25(29-20-12-8-6-7-9-13-20)32-27(33-26)35-24-15-11-10-14-22(24)28(2,3)4/h10-11,14-18,20H,6-9,12-13H2,1-5H3,(H2,29,30,31,32,33). The summed E-state index contributed by atoms with van der Waals surface area (Å²) in [6, 6.07) is 14.9. The van der Waals surface area contributed by atoms with Crippen LogP contribution in [-0.2, 0) is 5.41 Å². The second-order valence-electron chi connectivity index (χ2n) is 10.3. The number of rotatable bonds is 7. The molecule has 4 rings (SSSR count). The van der Waals surface area contributed by atoms with Crippen molar-refractivity contribution in [3.05, 3.63) is 53.6 Å². The molecule has 0 bridgehead atoms. The van der Waals surface area contributed by atoms with E-state index in [1.54, 1.807) is 18.9 Å². The predicted octanol–water partition coefficient (Wildman–Crippen LogP) is 7.52. The molecule has 1 aliphatic carbocycles. The molecule has 1 fully saturated rings. The number of aromatic nitrogens is 3. The fraction of sp³-hybridized carbons (Fsp3) is 0.464. The number of hydrogen-bond donors (Lipinski definition) is 2. The van der Waals surface area contributed by atoms with E-state index in [1.165, 1.54) is 31.2 Å². The van der Waals surface area contributed by atoms with Crippen molar-refractivity contribution in [2.75, 3.05) is 17.7 Å². The van der Waals surface area contributed by atoms with E-state index in [9.17, 15) is 0 Å². The molecule has 1 aliphatic rings. The number of aryl methyl sites for hydroxylation is 1. The highest BCUT2D eigenvalue weighted by Gasteiger charge is 2.20. The van der Waals surface area contributed by atoms with Crippen LogP contribution in [0.25, 0.3) is 0 Å². The van der Waals surface area contributed by atoms with E-state index in [2.05, 4.69) is 55.7 Å². The zero-order valence-corrected chi connectivity index (χ0v) is 22.3. The highest BCUT2D eigenvalue weighted by atomic mass is 32.2. The zero-order chi connectivity index (χ0) is 24.8. The second kappa shape index (κ2) is 11.3. The summed E-state index contributed by atoms with van der Waals surface area (Å²) in [5.41, 5.74) is 3.28. The highest BCUT2D eigenvalue weighted by Crippen LogP contribution is 2.36. The number of methoxy groups -OCH3 is 1. The minimum absolute atomic E-state index is 0.0275. The lowest BCUT2D eigenvalue weighted by atomic mass is 9.87. The van der Waals surface area contributed by atoms with Crippen LogP contribution in [-0.4, -0.2) is 28.1 Å². The number of hydrogen-bond acceptors (Lipinski definition) is 7. The lowest BCUT2D eigenvalue weighted by molar-refractivity contribution is 0.412. The molecule has 2 N–H and O–H groups in total. The van der Waals surface area contributed by atoms with Gasteiger partial charge in [0, 0.05) is 16.6 Å². The maximum absolute atomic E-state index is 5.41. The van der Waals surface area contributed by atoms with Crippen LogP contribution in [0.15, 0.2) is 52.5 Å². The van der Waals surface area contributed by atoms with Crippen molar-refractivity contribution in [2.45, 2.75) is 87.7 Å². The largest absolute Gasteiger partial charge is 0.496 e. The average Bonchev–Trinajstić information content (AvgIpc) is 3.07. The quantitative estimate of drug-likeness (QED) is 0.331. The molecule has 0 aliphatic heterocycles. The average molecular weight is 492 g/mol. The van der Waals surface area contributed by atoms with Gasteiger partial charge in [-0.25, -0.2) is 0 Å².